The van der Waals surface area contributed by atoms with E-state index >= 15 is 0 Å². The van der Waals surface area contributed by atoms with Crippen LogP contribution in [0.2, 0.25) is 0 Å². The number of likely N-dealkylation sites (tertiary alicyclic amines) is 1. The topological polar surface area (TPSA) is 21.7 Å². The summed E-state index contributed by atoms with van der Waals surface area (Å²) in [4.78, 5) is 2.35. The molecule has 1 unspecified atom stereocenters. The van der Waals surface area contributed by atoms with Gasteiger partial charge in [0.25, 0.3) is 0 Å². The molecule has 3 nitrogen and oxygen atoms in total. The smallest absolute Gasteiger partial charge is 0.184 e. The first kappa shape index (κ1) is 11.2. The number of piperidine rings is 1. The van der Waals surface area contributed by atoms with Crippen molar-refractivity contribution in [2.75, 3.05) is 26.7 Å². The second-order valence-corrected chi connectivity index (χ2v) is 5.16. The molecule has 3 rings (SSSR count). The van der Waals surface area contributed by atoms with Gasteiger partial charge < -0.3 is 14.4 Å². The van der Waals surface area contributed by atoms with Crippen molar-refractivity contribution < 1.29 is 9.47 Å². The third-order valence-corrected chi connectivity index (χ3v) is 3.82. The summed E-state index contributed by atoms with van der Waals surface area (Å²) in [5.74, 6) is 0. The summed E-state index contributed by atoms with van der Waals surface area (Å²) in [5.41, 5.74) is 1.09. The number of hydrogen-bond donors (Lipinski definition) is 0. The van der Waals surface area contributed by atoms with E-state index in [-0.39, 0.29) is 11.9 Å². The van der Waals surface area contributed by atoms with Crippen LogP contribution in [0.4, 0.5) is 0 Å². The van der Waals surface area contributed by atoms with Crippen LogP contribution in [0.5, 0.6) is 0 Å². The molecule has 92 valence electrons. The Hall–Kier alpha value is -0.900. The molecule has 0 aromatic heterocycles. The van der Waals surface area contributed by atoms with Gasteiger partial charge in [-0.2, -0.15) is 0 Å². The standard InChI is InChI=1S/C14H19NO2/c1-15-9-7-14(8-10-15)11-16-13(17-14)12-5-3-2-4-6-12/h2-6,13H,7-11H2,1H3. The van der Waals surface area contributed by atoms with E-state index in [4.69, 9.17) is 9.47 Å². The minimum Gasteiger partial charge on any atom is -0.345 e. The molecule has 0 aliphatic carbocycles. The van der Waals surface area contributed by atoms with Gasteiger partial charge in [0.1, 0.15) is 0 Å². The van der Waals surface area contributed by atoms with E-state index < -0.39 is 0 Å². The van der Waals surface area contributed by atoms with Gasteiger partial charge in [-0.25, -0.2) is 0 Å². The van der Waals surface area contributed by atoms with Crippen molar-refractivity contribution in [2.45, 2.75) is 24.7 Å². The van der Waals surface area contributed by atoms with Crippen LogP contribution in [0.3, 0.4) is 0 Å². The van der Waals surface area contributed by atoms with Gasteiger partial charge >= 0.3 is 0 Å². The van der Waals surface area contributed by atoms with E-state index in [1.165, 1.54) is 0 Å². The zero-order chi connectivity index (χ0) is 11.7. The van der Waals surface area contributed by atoms with E-state index in [1.54, 1.807) is 0 Å². The zero-order valence-corrected chi connectivity index (χ0v) is 10.3. The fraction of sp³-hybridized carbons (Fsp3) is 0.571. The third-order valence-electron chi connectivity index (χ3n) is 3.82. The Morgan fingerprint density at radius 3 is 2.59 bits per heavy atom. The number of rotatable bonds is 1. The first-order valence-electron chi connectivity index (χ1n) is 6.30. The van der Waals surface area contributed by atoms with E-state index in [1.807, 2.05) is 18.2 Å². The lowest BCUT2D eigenvalue weighted by Gasteiger charge is -2.35. The fourth-order valence-electron chi connectivity index (χ4n) is 2.59. The molecule has 0 N–H and O–H groups in total. The van der Waals surface area contributed by atoms with Gasteiger partial charge in [0.2, 0.25) is 0 Å². The van der Waals surface area contributed by atoms with E-state index in [2.05, 4.69) is 24.1 Å². The van der Waals surface area contributed by atoms with Gasteiger partial charge in [-0.15, -0.1) is 0 Å². The van der Waals surface area contributed by atoms with Gasteiger partial charge in [-0.3, -0.25) is 0 Å². The molecular formula is C14H19NO2. The van der Waals surface area contributed by atoms with Crippen LogP contribution < -0.4 is 0 Å². The van der Waals surface area contributed by atoms with Gasteiger partial charge in [-0.1, -0.05) is 30.3 Å². The van der Waals surface area contributed by atoms with Crippen molar-refractivity contribution in [3.05, 3.63) is 35.9 Å². The largest absolute Gasteiger partial charge is 0.345 e. The highest BCUT2D eigenvalue weighted by atomic mass is 16.7. The van der Waals surface area contributed by atoms with Crippen LogP contribution in [-0.2, 0) is 9.47 Å². The summed E-state index contributed by atoms with van der Waals surface area (Å²) in [5, 5.41) is 0. The highest BCUT2D eigenvalue weighted by Gasteiger charge is 2.43. The Morgan fingerprint density at radius 1 is 1.18 bits per heavy atom. The minimum atomic E-state index is -0.167. The highest BCUT2D eigenvalue weighted by molar-refractivity contribution is 5.17. The van der Waals surface area contributed by atoms with Gasteiger partial charge in [0, 0.05) is 18.7 Å². The van der Waals surface area contributed by atoms with Gasteiger partial charge in [-0.05, 0) is 19.9 Å². The maximum absolute atomic E-state index is 6.18. The Balaban J connectivity index is 1.70. The molecule has 2 saturated heterocycles. The monoisotopic (exact) mass is 233 g/mol. The van der Waals surface area contributed by atoms with Crippen molar-refractivity contribution in [1.29, 1.82) is 0 Å². The lowest BCUT2D eigenvalue weighted by atomic mass is 9.93. The third kappa shape index (κ3) is 2.23. The molecule has 0 amide bonds. The summed E-state index contributed by atoms with van der Waals surface area (Å²) < 4.78 is 12.0. The van der Waals surface area contributed by atoms with Crippen molar-refractivity contribution in [3.8, 4) is 0 Å². The molecule has 2 aliphatic heterocycles. The van der Waals surface area contributed by atoms with Crippen LogP contribution >= 0.6 is 0 Å². The quantitative estimate of drug-likeness (QED) is 0.742. The Kier molecular flexibility index (Phi) is 2.90. The van der Waals surface area contributed by atoms with E-state index in [9.17, 15) is 0 Å². The number of ether oxygens (including phenoxy) is 2. The Bertz CT molecular complexity index is 371. The fourth-order valence-corrected chi connectivity index (χ4v) is 2.59. The van der Waals surface area contributed by atoms with Crippen molar-refractivity contribution in [1.82, 2.24) is 4.90 Å². The molecule has 2 heterocycles. The lowest BCUT2D eigenvalue weighted by Crippen LogP contribution is -2.44. The molecule has 3 heteroatoms. The molecule has 1 aromatic carbocycles. The maximum Gasteiger partial charge on any atom is 0.184 e. The summed E-state index contributed by atoms with van der Waals surface area (Å²) in [6, 6.07) is 10.2. The number of nitrogens with zero attached hydrogens (tertiary/aromatic N) is 1. The lowest BCUT2D eigenvalue weighted by molar-refractivity contribution is -0.108. The summed E-state index contributed by atoms with van der Waals surface area (Å²) >= 11 is 0. The van der Waals surface area contributed by atoms with Crippen LogP contribution in [0.25, 0.3) is 0 Å². The van der Waals surface area contributed by atoms with Crippen LogP contribution in [-0.4, -0.2) is 37.2 Å². The van der Waals surface area contributed by atoms with Gasteiger partial charge in [0.05, 0.1) is 12.2 Å². The summed E-state index contributed by atoms with van der Waals surface area (Å²) in [6.45, 7) is 2.94. The van der Waals surface area contributed by atoms with E-state index in [0.717, 1.165) is 38.1 Å². The molecule has 17 heavy (non-hydrogen) atoms. The predicted molar refractivity (Wildman–Crippen MR) is 65.7 cm³/mol. The maximum atomic E-state index is 6.18. The Morgan fingerprint density at radius 2 is 1.88 bits per heavy atom. The average molecular weight is 233 g/mol. The van der Waals surface area contributed by atoms with Crippen LogP contribution in [0, 0.1) is 0 Å². The van der Waals surface area contributed by atoms with Gasteiger partial charge in [0.15, 0.2) is 6.29 Å². The summed E-state index contributed by atoms with van der Waals surface area (Å²) in [6.07, 6.45) is 1.99. The second kappa shape index (κ2) is 4.41. The summed E-state index contributed by atoms with van der Waals surface area (Å²) in [7, 11) is 2.16. The van der Waals surface area contributed by atoms with Crippen LogP contribution in [0.15, 0.2) is 30.3 Å². The zero-order valence-electron chi connectivity index (χ0n) is 10.3. The second-order valence-electron chi connectivity index (χ2n) is 5.16. The number of hydrogen-bond acceptors (Lipinski definition) is 3. The molecule has 0 radical (unpaired) electrons. The molecule has 1 spiro atoms. The first-order valence-corrected chi connectivity index (χ1v) is 6.30. The first-order chi connectivity index (χ1) is 8.27. The molecule has 2 aliphatic rings. The molecule has 0 saturated carbocycles. The SMILES string of the molecule is CN1CCC2(CC1)COC(c1ccccc1)O2. The predicted octanol–water partition coefficient (Wildman–Crippen LogP) is 2.20. The number of benzene rings is 1. The molecule has 0 bridgehead atoms. The van der Waals surface area contributed by atoms with Crippen molar-refractivity contribution >= 4 is 0 Å². The van der Waals surface area contributed by atoms with E-state index in [0.29, 0.717) is 0 Å². The minimum absolute atomic E-state index is 0.0347. The Labute approximate surface area is 102 Å². The highest BCUT2D eigenvalue weighted by Crippen LogP contribution is 2.39. The molecule has 1 aromatic rings. The van der Waals surface area contributed by atoms with Crippen molar-refractivity contribution in [2.24, 2.45) is 0 Å². The normalized spacial score (nSPS) is 28.6. The average Bonchev–Trinajstić information content (AvgIpc) is 2.79. The van der Waals surface area contributed by atoms with Crippen LogP contribution in [0.1, 0.15) is 24.7 Å². The molecular weight excluding hydrogens is 214 g/mol. The molecule has 2 fully saturated rings. The molecule has 1 atom stereocenters. The van der Waals surface area contributed by atoms with Crippen molar-refractivity contribution in [3.63, 3.8) is 0 Å².